The molecule has 8 radical (unpaired) electrons. The summed E-state index contributed by atoms with van der Waals surface area (Å²) in [6.07, 6.45) is -0.440. The minimum Gasteiger partial charge on any atom is -0.491 e. The molecule has 0 aliphatic rings. The normalized spacial score (nSPS) is 14.1. The Morgan fingerprint density at radius 2 is 1.07 bits per heavy atom. The van der Waals surface area contributed by atoms with Gasteiger partial charge < -0.3 is 55.5 Å². The van der Waals surface area contributed by atoms with E-state index in [1.807, 2.05) is 64.9 Å². The molecule has 0 heterocycles. The molecule has 2 rings (SSSR count). The molecule has 2 unspecified atom stereocenters. The Bertz CT molecular complexity index is 1740. The molecule has 344 valence electrons. The van der Waals surface area contributed by atoms with Crippen LogP contribution < -0.4 is 9.47 Å². The number of benzene rings is 2. The predicted octanol–water partition coefficient (Wildman–Crippen LogP) is 1.48. The number of ether oxygens (including phenoxy) is 2. The summed E-state index contributed by atoms with van der Waals surface area (Å²) in [5.74, 6) is 0.294. The first-order valence-electron chi connectivity index (χ1n) is 19.7. The summed E-state index contributed by atoms with van der Waals surface area (Å²) in [7, 11) is -5.55. The molecule has 0 amide bonds. The van der Waals surface area contributed by atoms with Gasteiger partial charge in [-0.15, -0.1) is 0 Å². The Morgan fingerprint density at radius 3 is 1.41 bits per heavy atom. The number of hydrogen-bond acceptors (Lipinski definition) is 16. The zero-order chi connectivity index (χ0) is 45.7. The van der Waals surface area contributed by atoms with E-state index in [0.29, 0.717) is 56.6 Å². The maximum absolute atomic E-state index is 11.3. The van der Waals surface area contributed by atoms with E-state index < -0.39 is 67.0 Å². The number of aliphatic hydroxyl groups excluding tert-OH is 2. The lowest BCUT2D eigenvalue weighted by Gasteiger charge is -2.29. The second kappa shape index (κ2) is 27.1. The molecular weight excluding hydrogens is 921 g/mol. The van der Waals surface area contributed by atoms with Gasteiger partial charge in [0.1, 0.15) is 36.9 Å². The Morgan fingerprint density at radius 1 is 0.689 bits per heavy atom. The van der Waals surface area contributed by atoms with Crippen molar-refractivity contribution in [3.63, 3.8) is 0 Å². The highest BCUT2D eigenvalue weighted by Crippen LogP contribution is 2.33. The minimum atomic E-state index is -4.13. The van der Waals surface area contributed by atoms with Crippen LogP contribution in [0.4, 0.5) is 0 Å². The van der Waals surface area contributed by atoms with E-state index >= 15 is 0 Å². The van der Waals surface area contributed by atoms with E-state index in [1.165, 1.54) is 14.2 Å². The summed E-state index contributed by atoms with van der Waals surface area (Å²) in [5, 5.41) is 21.7. The topological polar surface area (TPSA) is 241 Å². The summed E-state index contributed by atoms with van der Waals surface area (Å²) in [6, 6.07) is 15.8. The first kappa shape index (κ1) is 55.7. The molecule has 0 aromatic heterocycles. The predicted molar refractivity (Wildman–Crippen MR) is 236 cm³/mol. The van der Waals surface area contributed by atoms with Crippen LogP contribution >= 0.6 is 0 Å². The fourth-order valence-corrected chi connectivity index (χ4v) is 13.3. The van der Waals surface area contributed by atoms with Crippen molar-refractivity contribution in [1.82, 2.24) is 9.80 Å². The number of aliphatic hydroxyl groups is 2. The molecule has 2 aromatic rings. The number of hydrogen-bond donors (Lipinski definition) is 5. The highest BCUT2D eigenvalue weighted by Gasteiger charge is 2.37. The van der Waals surface area contributed by atoms with Gasteiger partial charge in [0.2, 0.25) is 30.7 Å². The van der Waals surface area contributed by atoms with Gasteiger partial charge in [0, 0.05) is 44.8 Å². The Kier molecular flexibility index (Phi) is 24.8. The van der Waals surface area contributed by atoms with Crippen molar-refractivity contribution in [1.29, 1.82) is 0 Å². The Labute approximate surface area is 373 Å². The molecular formula is C36H62N2O16S2Si5. The van der Waals surface area contributed by atoms with E-state index in [1.54, 1.807) is 0 Å². The molecule has 5 N–H and O–H groups in total. The van der Waals surface area contributed by atoms with Crippen LogP contribution in [-0.4, -0.2) is 190 Å². The van der Waals surface area contributed by atoms with E-state index in [0.717, 1.165) is 11.1 Å². The van der Waals surface area contributed by atoms with Gasteiger partial charge in [0.15, 0.2) is 0 Å². The minimum absolute atomic E-state index is 0.0124. The first-order chi connectivity index (χ1) is 28.6. The van der Waals surface area contributed by atoms with Crippen LogP contribution in [0.5, 0.6) is 11.5 Å². The summed E-state index contributed by atoms with van der Waals surface area (Å²) in [4.78, 5) is 14.1. The first-order valence-corrected chi connectivity index (χ1v) is 29.0. The van der Waals surface area contributed by atoms with Gasteiger partial charge in [-0.2, -0.15) is 16.8 Å². The zero-order valence-corrected chi connectivity index (χ0v) is 42.2. The lowest BCUT2D eigenvalue weighted by Crippen LogP contribution is -2.46. The maximum atomic E-state index is 11.3. The van der Waals surface area contributed by atoms with Gasteiger partial charge in [-0.3, -0.25) is 9.11 Å². The van der Waals surface area contributed by atoms with Crippen molar-refractivity contribution < 1.29 is 71.6 Å². The highest BCUT2D eigenvalue weighted by molar-refractivity contribution is 7.86. The second-order valence-electron chi connectivity index (χ2n) is 15.0. The standard InChI is InChI=1S/C36H62N2O16S2Si5/c1-36(2,30-10-14-34(15-11-30)50-28-32(39)26-37(18-6-22-55(41,42)43)20-8-24-60(47,48-3)49-4)31-12-16-35(17-13-31)51-29-33(40)27-38(19-7-23-56(44,45)46)21-9-25-61(52-57,53-58)54-59-5/h10-17,32-33,39-40,47H,6-9,18-29H2,1-5H3,(H,41,42,43)(H,44,45,46). The third kappa shape index (κ3) is 21.9. The summed E-state index contributed by atoms with van der Waals surface area (Å²) < 4.78 is 102. The van der Waals surface area contributed by atoms with Crippen LogP contribution in [0.3, 0.4) is 0 Å². The van der Waals surface area contributed by atoms with E-state index in [9.17, 15) is 36.4 Å². The van der Waals surface area contributed by atoms with E-state index in [2.05, 4.69) is 34.8 Å². The molecule has 2 atom stereocenters. The molecule has 61 heavy (non-hydrogen) atoms. The molecule has 0 spiro atoms. The van der Waals surface area contributed by atoms with Crippen LogP contribution in [0, 0.1) is 0 Å². The van der Waals surface area contributed by atoms with Crippen molar-refractivity contribution in [3.05, 3.63) is 59.7 Å². The monoisotopic (exact) mass is 982 g/mol. The molecule has 0 fully saturated rings. The fraction of sp³-hybridized carbons (Fsp3) is 0.667. The van der Waals surface area contributed by atoms with Gasteiger partial charge in [0.05, 0.1) is 11.5 Å². The summed E-state index contributed by atoms with van der Waals surface area (Å²) in [6.45, 7) is 7.84. The van der Waals surface area contributed by atoms with Crippen molar-refractivity contribution in [2.45, 2.75) is 75.8 Å². The molecule has 2 aromatic carbocycles. The fourth-order valence-electron chi connectivity index (χ4n) is 6.42. The summed E-state index contributed by atoms with van der Waals surface area (Å²) >= 11 is 0. The van der Waals surface area contributed by atoms with Gasteiger partial charge in [-0.25, -0.2) is 0 Å². The third-order valence-corrected chi connectivity index (χ3v) is 19.2. The molecule has 0 saturated carbocycles. The van der Waals surface area contributed by atoms with Gasteiger partial charge >= 0.3 is 17.6 Å². The number of rotatable bonds is 34. The third-order valence-electron chi connectivity index (χ3n) is 9.86. The van der Waals surface area contributed by atoms with Gasteiger partial charge in [-0.05, 0) is 93.8 Å². The quantitative estimate of drug-likeness (QED) is 0.0493. The largest absolute Gasteiger partial charge is 0.497 e. The zero-order valence-electron chi connectivity index (χ0n) is 35.5. The lowest BCUT2D eigenvalue weighted by atomic mass is 9.78. The SMILES string of the molecule is CO[Si](O)(CCCN(CCCS(=O)(=O)O)CC(O)COc1ccc(C(C)(C)c2ccc(OCC(O)CN(CCC[Si](O[Si])(O[Si])O[Si]C)CCCS(=O)(=O)O)cc2)cc1)OC. The molecule has 25 heteroatoms. The summed E-state index contributed by atoms with van der Waals surface area (Å²) in [5.41, 5.74) is 1.60. The van der Waals surface area contributed by atoms with Crippen LogP contribution in [-0.2, 0) is 46.8 Å². The van der Waals surface area contributed by atoms with Crippen LogP contribution in [0.15, 0.2) is 48.5 Å². The second-order valence-corrected chi connectivity index (χ2v) is 25.6. The Balaban J connectivity index is 1.97. The highest BCUT2D eigenvalue weighted by atomic mass is 32.2. The lowest BCUT2D eigenvalue weighted by molar-refractivity contribution is 0.0674. The van der Waals surface area contributed by atoms with Crippen molar-refractivity contribution in [2.24, 2.45) is 0 Å². The average molecular weight is 983 g/mol. The van der Waals surface area contributed by atoms with E-state index in [4.69, 9.17) is 35.2 Å². The van der Waals surface area contributed by atoms with Gasteiger partial charge in [0.25, 0.3) is 20.2 Å². The van der Waals surface area contributed by atoms with Crippen LogP contribution in [0.1, 0.15) is 50.7 Å². The molecule has 0 aliphatic heterocycles. The van der Waals surface area contributed by atoms with Crippen LogP contribution in [0.25, 0.3) is 0 Å². The van der Waals surface area contributed by atoms with E-state index in [-0.39, 0.29) is 55.0 Å². The van der Waals surface area contributed by atoms with Gasteiger partial charge in [-0.1, -0.05) is 38.1 Å². The Hall–Kier alpha value is -1.46. The molecule has 0 bridgehead atoms. The number of nitrogens with zero attached hydrogens (tertiary/aromatic N) is 2. The molecule has 0 aliphatic carbocycles. The average Bonchev–Trinajstić information content (AvgIpc) is 3.21. The van der Waals surface area contributed by atoms with Crippen molar-refractivity contribution >= 4 is 68.6 Å². The smallest absolute Gasteiger partial charge is 0.491 e. The molecule has 0 saturated heterocycles. The maximum Gasteiger partial charge on any atom is 0.497 e. The van der Waals surface area contributed by atoms with Crippen LogP contribution in [0.2, 0.25) is 18.6 Å². The van der Waals surface area contributed by atoms with Crippen molar-refractivity contribution in [2.75, 3.05) is 78.2 Å². The molecule has 18 nitrogen and oxygen atoms in total. The van der Waals surface area contributed by atoms with Crippen molar-refractivity contribution in [3.8, 4) is 11.5 Å².